The minimum Gasteiger partial charge on any atom is -0.386 e. The Balaban J connectivity index is 3.32. The topological polar surface area (TPSA) is 106 Å². The number of alkyl halides is 3. The zero-order valence-electron chi connectivity index (χ0n) is 7.89. The van der Waals surface area contributed by atoms with Crippen molar-refractivity contribution in [2.75, 3.05) is 0 Å². The number of ether oxygens (including phenoxy) is 1. The Morgan fingerprint density at radius 1 is 1.41 bits per heavy atom. The summed E-state index contributed by atoms with van der Waals surface area (Å²) in [5, 5.41) is 12.3. The molecule has 1 rings (SSSR count). The van der Waals surface area contributed by atoms with Gasteiger partial charge in [-0.2, -0.15) is 10.2 Å². The Labute approximate surface area is 93.5 Å². The maximum atomic E-state index is 11.9. The second kappa shape index (κ2) is 4.19. The highest BCUT2D eigenvalue weighted by atomic mass is 32.2. The van der Waals surface area contributed by atoms with Crippen LogP contribution >= 0.6 is 0 Å². The van der Waals surface area contributed by atoms with Gasteiger partial charge in [0.05, 0.1) is 0 Å². The fourth-order valence-corrected chi connectivity index (χ4v) is 1.32. The quantitative estimate of drug-likeness (QED) is 0.839. The molecule has 92 valence electrons. The summed E-state index contributed by atoms with van der Waals surface area (Å²) in [4.78, 5) is 3.02. The van der Waals surface area contributed by atoms with Gasteiger partial charge < -0.3 is 4.74 Å². The molecule has 0 saturated carbocycles. The maximum absolute atomic E-state index is 11.9. The predicted octanol–water partition coefficient (Wildman–Crippen LogP) is 0.499. The van der Waals surface area contributed by atoms with Crippen molar-refractivity contribution in [1.29, 1.82) is 5.26 Å². The first kappa shape index (κ1) is 13.2. The van der Waals surface area contributed by atoms with Crippen LogP contribution < -0.4 is 9.88 Å². The molecule has 0 aliphatic heterocycles. The lowest BCUT2D eigenvalue weighted by molar-refractivity contribution is -0.276. The smallest absolute Gasteiger partial charge is 0.386 e. The summed E-state index contributed by atoms with van der Waals surface area (Å²) < 4.78 is 60.9. The van der Waals surface area contributed by atoms with Crippen molar-refractivity contribution in [3.8, 4) is 11.9 Å². The highest BCUT2D eigenvalue weighted by Gasteiger charge is 2.33. The number of halogens is 3. The minimum absolute atomic E-state index is 0.560. The number of hydrogen-bond acceptors (Lipinski definition) is 5. The summed E-state index contributed by atoms with van der Waals surface area (Å²) in [6.07, 6.45) is -5.09. The molecule has 0 saturated heterocycles. The van der Waals surface area contributed by atoms with Gasteiger partial charge in [0.15, 0.2) is 5.03 Å². The molecule has 6 nitrogen and oxygen atoms in total. The maximum Gasteiger partial charge on any atom is 0.574 e. The third kappa shape index (κ3) is 3.58. The van der Waals surface area contributed by atoms with Gasteiger partial charge in [-0.1, -0.05) is 0 Å². The van der Waals surface area contributed by atoms with E-state index in [2.05, 4.69) is 14.9 Å². The van der Waals surface area contributed by atoms with Crippen molar-refractivity contribution in [3.05, 3.63) is 17.7 Å². The molecule has 0 aliphatic carbocycles. The Bertz CT molecular complexity index is 576. The van der Waals surface area contributed by atoms with E-state index in [-0.39, 0.29) is 0 Å². The van der Waals surface area contributed by atoms with Gasteiger partial charge in [0, 0.05) is 0 Å². The van der Waals surface area contributed by atoms with Gasteiger partial charge in [-0.05, 0) is 12.1 Å². The van der Waals surface area contributed by atoms with Crippen LogP contribution in [-0.2, 0) is 10.0 Å². The van der Waals surface area contributed by atoms with Gasteiger partial charge in [-0.25, -0.2) is 13.6 Å². The molecule has 17 heavy (non-hydrogen) atoms. The van der Waals surface area contributed by atoms with Crippen LogP contribution in [0.1, 0.15) is 5.56 Å². The van der Waals surface area contributed by atoms with Crippen LogP contribution in [0.4, 0.5) is 13.2 Å². The first-order valence-electron chi connectivity index (χ1n) is 3.83. The van der Waals surface area contributed by atoms with E-state index in [0.29, 0.717) is 0 Å². The number of aromatic nitrogens is 1. The summed E-state index contributed by atoms with van der Waals surface area (Å²) in [5.74, 6) is -1.16. The van der Waals surface area contributed by atoms with Gasteiger partial charge >= 0.3 is 6.36 Å². The molecule has 2 N–H and O–H groups in total. The number of sulfonamides is 1. The van der Waals surface area contributed by atoms with Crippen molar-refractivity contribution in [2.24, 2.45) is 5.14 Å². The Morgan fingerprint density at radius 3 is 2.41 bits per heavy atom. The lowest BCUT2D eigenvalue weighted by Gasteiger charge is -2.09. The molecule has 0 radical (unpaired) electrons. The molecule has 1 aromatic rings. The molecule has 0 bridgehead atoms. The van der Waals surface area contributed by atoms with E-state index in [9.17, 15) is 21.6 Å². The number of nitrogens with zero attached hydrogens (tertiary/aromatic N) is 2. The summed E-state index contributed by atoms with van der Waals surface area (Å²) >= 11 is 0. The van der Waals surface area contributed by atoms with Gasteiger partial charge in [0.2, 0.25) is 5.88 Å². The van der Waals surface area contributed by atoms with Crippen molar-refractivity contribution in [3.63, 3.8) is 0 Å². The van der Waals surface area contributed by atoms with Crippen LogP contribution in [0.5, 0.6) is 5.88 Å². The predicted molar refractivity (Wildman–Crippen MR) is 47.0 cm³/mol. The second-order valence-electron chi connectivity index (χ2n) is 2.71. The van der Waals surface area contributed by atoms with E-state index in [1.54, 1.807) is 0 Å². The van der Waals surface area contributed by atoms with Crippen LogP contribution in [0.15, 0.2) is 17.2 Å². The first-order chi connectivity index (χ1) is 7.63. The van der Waals surface area contributed by atoms with E-state index in [1.807, 2.05) is 0 Å². The SMILES string of the molecule is N#Cc1ccc(S(N)(=O)=O)nc1OC(F)(F)F. The van der Waals surface area contributed by atoms with Crippen LogP contribution in [-0.4, -0.2) is 19.8 Å². The third-order valence-electron chi connectivity index (χ3n) is 1.46. The average Bonchev–Trinajstić information content (AvgIpc) is 2.13. The molecule has 0 aliphatic rings. The number of hydrogen-bond donors (Lipinski definition) is 1. The molecule has 0 spiro atoms. The summed E-state index contributed by atoms with van der Waals surface area (Å²) in [6.45, 7) is 0. The monoisotopic (exact) mass is 267 g/mol. The zero-order chi connectivity index (χ0) is 13.3. The number of primary sulfonamides is 1. The number of nitriles is 1. The van der Waals surface area contributed by atoms with Gasteiger partial charge in [-0.3, -0.25) is 0 Å². The lowest BCUT2D eigenvalue weighted by atomic mass is 10.3. The molecule has 0 fully saturated rings. The van der Waals surface area contributed by atoms with E-state index < -0.39 is 32.9 Å². The minimum atomic E-state index is -5.09. The standard InChI is InChI=1S/C7H4F3N3O3S/c8-7(9,10)16-6-4(3-11)1-2-5(13-6)17(12,14)15/h1-2H,(H2,12,14,15). The Kier molecular flexibility index (Phi) is 3.25. The van der Waals surface area contributed by atoms with Crippen molar-refractivity contribution in [2.45, 2.75) is 11.4 Å². The molecule has 0 unspecified atom stereocenters. The molecule has 1 heterocycles. The summed E-state index contributed by atoms with van der Waals surface area (Å²) in [5.41, 5.74) is -0.560. The molecular weight excluding hydrogens is 263 g/mol. The van der Waals surface area contributed by atoms with Gasteiger partial charge in [0.25, 0.3) is 10.0 Å². The highest BCUT2D eigenvalue weighted by Crippen LogP contribution is 2.25. The Morgan fingerprint density at radius 2 is 2.00 bits per heavy atom. The second-order valence-corrected chi connectivity index (χ2v) is 4.22. The number of nitrogens with two attached hydrogens (primary N) is 1. The fourth-order valence-electron chi connectivity index (χ4n) is 0.854. The normalized spacial score (nSPS) is 11.9. The number of rotatable bonds is 2. The Hall–Kier alpha value is -1.86. The van der Waals surface area contributed by atoms with Crippen molar-refractivity contribution in [1.82, 2.24) is 4.98 Å². The van der Waals surface area contributed by atoms with E-state index >= 15 is 0 Å². The molecule has 0 aromatic carbocycles. The first-order valence-corrected chi connectivity index (χ1v) is 5.38. The van der Waals surface area contributed by atoms with Crippen LogP contribution in [0.3, 0.4) is 0 Å². The molecule has 1 aromatic heterocycles. The third-order valence-corrected chi connectivity index (χ3v) is 2.27. The van der Waals surface area contributed by atoms with E-state index in [4.69, 9.17) is 5.26 Å². The van der Waals surface area contributed by atoms with Gasteiger partial charge in [0.1, 0.15) is 11.6 Å². The van der Waals surface area contributed by atoms with Crippen LogP contribution in [0.2, 0.25) is 0 Å². The zero-order valence-corrected chi connectivity index (χ0v) is 8.71. The van der Waals surface area contributed by atoms with Crippen molar-refractivity contribution >= 4 is 10.0 Å². The molecular formula is C7H4F3N3O3S. The largest absolute Gasteiger partial charge is 0.574 e. The van der Waals surface area contributed by atoms with E-state index in [1.165, 1.54) is 6.07 Å². The summed E-state index contributed by atoms with van der Waals surface area (Å²) in [7, 11) is -4.27. The molecule has 10 heteroatoms. The fraction of sp³-hybridized carbons (Fsp3) is 0.143. The van der Waals surface area contributed by atoms with Gasteiger partial charge in [-0.15, -0.1) is 13.2 Å². The van der Waals surface area contributed by atoms with Crippen LogP contribution in [0.25, 0.3) is 0 Å². The molecule has 0 atom stereocenters. The molecule has 0 amide bonds. The lowest BCUT2D eigenvalue weighted by Crippen LogP contribution is -2.20. The van der Waals surface area contributed by atoms with Crippen molar-refractivity contribution < 1.29 is 26.3 Å². The average molecular weight is 267 g/mol. The van der Waals surface area contributed by atoms with E-state index in [0.717, 1.165) is 12.1 Å². The number of pyridine rings is 1. The van der Waals surface area contributed by atoms with Crippen LogP contribution in [0, 0.1) is 11.3 Å². The highest BCUT2D eigenvalue weighted by molar-refractivity contribution is 7.89. The summed E-state index contributed by atoms with van der Waals surface area (Å²) in [6, 6.07) is 2.99.